The third-order valence-electron chi connectivity index (χ3n) is 4.62. The SMILES string of the molecule is Cc1c(C(=O)N2C[C@@H]3CCCN[C@@H]3C2)cccc1[N+](=O)[O-]. The number of benzene rings is 1. The van der Waals surface area contributed by atoms with Crippen molar-refractivity contribution in [2.24, 2.45) is 5.92 Å². The van der Waals surface area contributed by atoms with Crippen molar-refractivity contribution in [2.75, 3.05) is 19.6 Å². The Labute approximate surface area is 123 Å². The van der Waals surface area contributed by atoms with Gasteiger partial charge in [-0.25, -0.2) is 0 Å². The first-order valence-electron chi connectivity index (χ1n) is 7.34. The van der Waals surface area contributed by atoms with Crippen LogP contribution in [0.3, 0.4) is 0 Å². The Balaban J connectivity index is 1.83. The summed E-state index contributed by atoms with van der Waals surface area (Å²) in [6, 6.07) is 5.08. The highest BCUT2D eigenvalue weighted by Crippen LogP contribution is 2.28. The monoisotopic (exact) mass is 289 g/mol. The minimum Gasteiger partial charge on any atom is -0.337 e. The summed E-state index contributed by atoms with van der Waals surface area (Å²) in [6.07, 6.45) is 2.30. The van der Waals surface area contributed by atoms with Gasteiger partial charge in [0.1, 0.15) is 0 Å². The lowest BCUT2D eigenvalue weighted by atomic mass is 9.94. The maximum atomic E-state index is 12.7. The van der Waals surface area contributed by atoms with Crippen molar-refractivity contribution in [3.63, 3.8) is 0 Å². The molecule has 1 N–H and O–H groups in total. The molecule has 2 aliphatic heterocycles. The number of nitro groups is 1. The number of carbonyl (C=O) groups is 1. The van der Waals surface area contributed by atoms with Gasteiger partial charge in [-0.05, 0) is 38.3 Å². The molecule has 3 rings (SSSR count). The van der Waals surface area contributed by atoms with E-state index in [1.165, 1.54) is 6.07 Å². The molecule has 6 nitrogen and oxygen atoms in total. The number of fused-ring (bicyclic) bond motifs is 1. The normalized spacial score (nSPS) is 24.7. The number of piperidine rings is 1. The van der Waals surface area contributed by atoms with Crippen molar-refractivity contribution in [1.29, 1.82) is 0 Å². The number of amides is 1. The van der Waals surface area contributed by atoms with Crippen LogP contribution in [0.15, 0.2) is 18.2 Å². The molecule has 2 aliphatic rings. The average molecular weight is 289 g/mol. The Morgan fingerprint density at radius 1 is 1.43 bits per heavy atom. The zero-order valence-electron chi connectivity index (χ0n) is 12.0. The third-order valence-corrected chi connectivity index (χ3v) is 4.62. The highest BCUT2D eigenvalue weighted by atomic mass is 16.6. The quantitative estimate of drug-likeness (QED) is 0.664. The molecule has 0 unspecified atom stereocenters. The van der Waals surface area contributed by atoms with Crippen molar-refractivity contribution in [3.05, 3.63) is 39.4 Å². The van der Waals surface area contributed by atoms with Crippen molar-refractivity contribution in [1.82, 2.24) is 10.2 Å². The summed E-state index contributed by atoms with van der Waals surface area (Å²) in [5, 5.41) is 14.5. The number of hydrogen-bond donors (Lipinski definition) is 1. The van der Waals surface area contributed by atoms with Crippen LogP contribution in [0.1, 0.15) is 28.8 Å². The molecule has 2 atom stereocenters. The van der Waals surface area contributed by atoms with E-state index >= 15 is 0 Å². The van der Waals surface area contributed by atoms with E-state index in [1.807, 2.05) is 4.90 Å². The number of likely N-dealkylation sites (tertiary alicyclic amines) is 1. The molecule has 0 radical (unpaired) electrons. The lowest BCUT2D eigenvalue weighted by Crippen LogP contribution is -2.41. The molecule has 0 aliphatic carbocycles. The van der Waals surface area contributed by atoms with Crippen LogP contribution in [-0.4, -0.2) is 41.4 Å². The lowest BCUT2D eigenvalue weighted by Gasteiger charge is -2.24. The minimum absolute atomic E-state index is 0.00980. The van der Waals surface area contributed by atoms with Crippen LogP contribution < -0.4 is 5.32 Å². The predicted molar refractivity (Wildman–Crippen MR) is 78.3 cm³/mol. The van der Waals surface area contributed by atoms with Crippen LogP contribution in [-0.2, 0) is 0 Å². The molecule has 2 heterocycles. The standard InChI is InChI=1S/C15H19N3O3/c1-10-12(5-2-6-14(10)18(20)21)15(19)17-8-11-4-3-7-16-13(11)9-17/h2,5-6,11,13,16H,3-4,7-9H2,1H3/t11-,13+/m0/s1. The first kappa shape index (κ1) is 14.0. The molecule has 6 heteroatoms. The maximum Gasteiger partial charge on any atom is 0.273 e. The van der Waals surface area contributed by atoms with Gasteiger partial charge in [-0.3, -0.25) is 14.9 Å². The molecule has 112 valence electrons. The van der Waals surface area contributed by atoms with Gasteiger partial charge in [-0.15, -0.1) is 0 Å². The van der Waals surface area contributed by atoms with Gasteiger partial charge in [-0.1, -0.05) is 6.07 Å². The molecule has 0 bridgehead atoms. The van der Waals surface area contributed by atoms with E-state index in [0.717, 1.165) is 25.9 Å². The van der Waals surface area contributed by atoms with Crippen molar-refractivity contribution in [3.8, 4) is 0 Å². The van der Waals surface area contributed by atoms with Gasteiger partial charge in [0.15, 0.2) is 0 Å². The van der Waals surface area contributed by atoms with Gasteiger partial charge in [0.25, 0.3) is 11.6 Å². The van der Waals surface area contributed by atoms with Crippen LogP contribution in [0, 0.1) is 23.0 Å². The Hall–Kier alpha value is -1.95. The first-order chi connectivity index (χ1) is 10.1. The van der Waals surface area contributed by atoms with Gasteiger partial charge >= 0.3 is 0 Å². The maximum absolute atomic E-state index is 12.7. The minimum atomic E-state index is -0.433. The van der Waals surface area contributed by atoms with Crippen molar-refractivity contribution >= 4 is 11.6 Å². The summed E-state index contributed by atoms with van der Waals surface area (Å²) in [5.74, 6) is 0.425. The molecule has 1 aromatic carbocycles. The largest absolute Gasteiger partial charge is 0.337 e. The Morgan fingerprint density at radius 2 is 2.24 bits per heavy atom. The topological polar surface area (TPSA) is 75.5 Å². The van der Waals surface area contributed by atoms with Crippen LogP contribution in [0.25, 0.3) is 0 Å². The number of nitrogens with zero attached hydrogens (tertiary/aromatic N) is 2. The number of carbonyl (C=O) groups excluding carboxylic acids is 1. The first-order valence-corrected chi connectivity index (χ1v) is 7.34. The summed E-state index contributed by atoms with van der Waals surface area (Å²) in [4.78, 5) is 25.1. The second-order valence-corrected chi connectivity index (χ2v) is 5.88. The van der Waals surface area contributed by atoms with Gasteiger partial charge in [0.2, 0.25) is 0 Å². The third kappa shape index (κ3) is 2.51. The Morgan fingerprint density at radius 3 is 2.95 bits per heavy atom. The zero-order valence-corrected chi connectivity index (χ0v) is 12.0. The smallest absolute Gasteiger partial charge is 0.273 e. The number of nitro benzene ring substituents is 1. The summed E-state index contributed by atoms with van der Waals surface area (Å²) in [5.41, 5.74) is 0.911. The van der Waals surface area contributed by atoms with E-state index < -0.39 is 4.92 Å². The van der Waals surface area contributed by atoms with Gasteiger partial charge in [0, 0.05) is 36.3 Å². The molecular weight excluding hydrogens is 270 g/mol. The van der Waals surface area contributed by atoms with E-state index in [2.05, 4.69) is 5.32 Å². The number of rotatable bonds is 2. The number of nitrogens with one attached hydrogen (secondary N) is 1. The summed E-state index contributed by atoms with van der Waals surface area (Å²) in [6.45, 7) is 4.11. The van der Waals surface area contributed by atoms with E-state index in [-0.39, 0.29) is 11.6 Å². The van der Waals surface area contributed by atoms with E-state index in [9.17, 15) is 14.9 Å². The molecule has 2 saturated heterocycles. The molecule has 2 fully saturated rings. The highest BCUT2D eigenvalue weighted by Gasteiger charge is 2.37. The molecule has 21 heavy (non-hydrogen) atoms. The summed E-state index contributed by atoms with van der Waals surface area (Å²) in [7, 11) is 0. The second-order valence-electron chi connectivity index (χ2n) is 5.88. The summed E-state index contributed by atoms with van der Waals surface area (Å²) < 4.78 is 0. The highest BCUT2D eigenvalue weighted by molar-refractivity contribution is 5.96. The summed E-state index contributed by atoms with van der Waals surface area (Å²) >= 11 is 0. The average Bonchev–Trinajstić information content (AvgIpc) is 2.90. The molecule has 1 amide bonds. The zero-order chi connectivity index (χ0) is 15.0. The number of hydrogen-bond acceptors (Lipinski definition) is 4. The van der Waals surface area contributed by atoms with Crippen LogP contribution >= 0.6 is 0 Å². The van der Waals surface area contributed by atoms with Crippen LogP contribution in [0.2, 0.25) is 0 Å². The molecule has 0 saturated carbocycles. The fourth-order valence-electron chi connectivity index (χ4n) is 3.44. The fourth-order valence-corrected chi connectivity index (χ4v) is 3.44. The molecule has 0 aromatic heterocycles. The Kier molecular flexibility index (Phi) is 3.63. The molecule has 0 spiro atoms. The van der Waals surface area contributed by atoms with Crippen molar-refractivity contribution in [2.45, 2.75) is 25.8 Å². The molecule has 1 aromatic rings. The van der Waals surface area contributed by atoms with Gasteiger partial charge in [-0.2, -0.15) is 0 Å². The van der Waals surface area contributed by atoms with Crippen LogP contribution in [0.4, 0.5) is 5.69 Å². The Bertz CT molecular complexity index is 574. The lowest BCUT2D eigenvalue weighted by molar-refractivity contribution is -0.385. The van der Waals surface area contributed by atoms with E-state index in [4.69, 9.17) is 0 Å². The fraction of sp³-hybridized carbons (Fsp3) is 0.533. The second kappa shape index (κ2) is 5.44. The van der Waals surface area contributed by atoms with E-state index in [0.29, 0.717) is 29.6 Å². The van der Waals surface area contributed by atoms with Crippen molar-refractivity contribution < 1.29 is 9.72 Å². The predicted octanol–water partition coefficient (Wildman–Crippen LogP) is 1.73. The van der Waals surface area contributed by atoms with E-state index in [1.54, 1.807) is 19.1 Å². The van der Waals surface area contributed by atoms with Gasteiger partial charge < -0.3 is 10.2 Å². The molecular formula is C15H19N3O3. The van der Waals surface area contributed by atoms with Crippen LogP contribution in [0.5, 0.6) is 0 Å². The van der Waals surface area contributed by atoms with Gasteiger partial charge in [0.05, 0.1) is 4.92 Å².